The van der Waals surface area contributed by atoms with Gasteiger partial charge in [-0.1, -0.05) is 51.4 Å². The summed E-state index contributed by atoms with van der Waals surface area (Å²) in [5, 5.41) is 27.2. The van der Waals surface area contributed by atoms with E-state index in [4.69, 9.17) is 52.5 Å². The van der Waals surface area contributed by atoms with Crippen LogP contribution in [0.5, 0.6) is 40.5 Å². The maximum Gasteiger partial charge on any atom is 0.410 e. The lowest BCUT2D eigenvalue weighted by Gasteiger charge is -2.35. The number of ether oxygens (including phenoxy) is 10. The number of allylic oxidation sites excluding steroid dienone is 1. The number of nitrogens with zero attached hydrogens (tertiary/aromatic N) is 9. The van der Waals surface area contributed by atoms with E-state index in [1.54, 1.807) is 30.7 Å². The fourth-order valence-corrected chi connectivity index (χ4v) is 12.3. The summed E-state index contributed by atoms with van der Waals surface area (Å²) in [6.07, 6.45) is 17.8. The summed E-state index contributed by atoms with van der Waals surface area (Å²) in [5.74, 6) is 5.48. The van der Waals surface area contributed by atoms with Gasteiger partial charge in [-0.2, -0.15) is 10.2 Å². The van der Waals surface area contributed by atoms with E-state index in [1.807, 2.05) is 158 Å². The molecule has 554 valence electrons. The molecule has 8 aromatic rings. The summed E-state index contributed by atoms with van der Waals surface area (Å²) in [6.45, 7) is 28.7. The molecule has 0 saturated carbocycles. The lowest BCUT2D eigenvalue weighted by molar-refractivity contribution is -0.0444. The van der Waals surface area contributed by atoms with Gasteiger partial charge in [-0.15, -0.1) is 0 Å². The Kier molecular flexibility index (Phi) is 31.4. The van der Waals surface area contributed by atoms with E-state index >= 15 is 0 Å². The molecule has 0 radical (unpaired) electrons. The van der Waals surface area contributed by atoms with Crippen molar-refractivity contribution in [2.45, 2.75) is 129 Å². The predicted octanol–water partition coefficient (Wildman–Crippen LogP) is 15.3. The number of aromatic nitrogens is 7. The van der Waals surface area contributed by atoms with Crippen LogP contribution in [0.15, 0.2) is 163 Å². The van der Waals surface area contributed by atoms with Crippen LogP contribution in [-0.4, -0.2) is 175 Å². The zero-order valence-corrected chi connectivity index (χ0v) is 63.2. The molecule has 3 saturated heterocycles. The van der Waals surface area contributed by atoms with Gasteiger partial charge >= 0.3 is 6.09 Å². The maximum atomic E-state index is 11.7. The lowest BCUT2D eigenvalue weighted by atomic mass is 10.0. The molecule has 2 N–H and O–H groups in total. The molecule has 103 heavy (non-hydrogen) atoms. The summed E-state index contributed by atoms with van der Waals surface area (Å²) in [7, 11) is -2.18. The van der Waals surface area contributed by atoms with Gasteiger partial charge in [-0.05, 0) is 178 Å². The predicted molar refractivity (Wildman–Crippen MR) is 404 cm³/mol. The van der Waals surface area contributed by atoms with Crippen LogP contribution in [0.25, 0.3) is 28.1 Å². The van der Waals surface area contributed by atoms with Crippen LogP contribution < -0.4 is 18.9 Å². The van der Waals surface area contributed by atoms with Gasteiger partial charge in [-0.3, -0.25) is 19.6 Å². The number of carbonyl (C=O) groups is 1. The molecule has 5 aromatic heterocycles. The molecule has 9 heterocycles. The summed E-state index contributed by atoms with van der Waals surface area (Å²) >= 11 is 0. The smallest absolute Gasteiger partial charge is 0.410 e. The Morgan fingerprint density at radius 2 is 1.09 bits per heavy atom. The van der Waals surface area contributed by atoms with Gasteiger partial charge < -0.3 is 57.6 Å². The lowest BCUT2D eigenvalue weighted by Crippen LogP contribution is -2.51. The number of rotatable bonds is 26. The highest BCUT2D eigenvalue weighted by atomic mass is 28.3. The van der Waals surface area contributed by atoms with Crippen LogP contribution in [0.2, 0.25) is 51.4 Å². The van der Waals surface area contributed by atoms with E-state index in [1.165, 1.54) is 16.9 Å². The normalized spacial score (nSPS) is 16.6. The molecule has 0 spiro atoms. The standard InChI is InChI=1S/C26H35N3O4Si.C21H27N3O2Si.C21H22N2O3.C10H19NO4.FH/c1-34(2,3)16-15-31-20-29-25(12-13-28-29)22-6-11-26(27-17-22)33-24-9-7-23(8-10-24)32-19-21-5-4-14-30-18-21;1-27(2,3)13-12-26-16-24-21(10-11-23-24)18-6-7-19(22-15-18)14-17-4-8-20(25)9-5-17;1-2-16(14-24-11-1)15-25-19-4-6-20(7-5-19)26-21-8-3-17(13-23-21)18-9-10-22-12-18;1-10(2,3)15-9(13)11-4-5-14-7-8(11)6-12;/h6-13,17,21H,4-5,14-16,18-20H2,1-3H3;4-11,15,25H,12-14,16H2,1-3H3;3-10,13,16H,1-2,11-12,14-15H2;8,12H,4-7H2,1-3H3;1H. The summed E-state index contributed by atoms with van der Waals surface area (Å²) in [5.41, 5.74) is 7.82. The number of aromatic hydroxyl groups is 1. The Labute approximate surface area is 607 Å². The van der Waals surface area contributed by atoms with Crippen molar-refractivity contribution in [1.29, 1.82) is 0 Å². The second-order valence-electron chi connectivity index (χ2n) is 29.0. The number of pyridine rings is 3. The number of carbonyl (C=O) groups excluding carboxylic acids is 1. The quantitative estimate of drug-likeness (QED) is 0.0378. The fraction of sp³-hybridized carbons (Fsp3) is 0.449. The second-order valence-corrected chi connectivity index (χ2v) is 40.2. The molecule has 3 fully saturated rings. The minimum atomic E-state index is -1.10. The Hall–Kier alpha value is -8.67. The van der Waals surface area contributed by atoms with Crippen molar-refractivity contribution in [1.82, 2.24) is 39.4 Å². The molecule has 1 amide bonds. The van der Waals surface area contributed by atoms with E-state index in [2.05, 4.69) is 75.5 Å². The number of halogens is 1. The Balaban J connectivity index is 0.000000179. The first-order valence-corrected chi connectivity index (χ1v) is 42.8. The number of amides is 1. The largest absolute Gasteiger partial charge is 0.508 e. The number of hydrogen-bond acceptors (Lipinski definition) is 19. The summed E-state index contributed by atoms with van der Waals surface area (Å²) in [4.78, 5) is 30.9. The molecule has 25 heteroatoms. The molecule has 22 nitrogen and oxygen atoms in total. The van der Waals surface area contributed by atoms with Gasteiger partial charge in [-0.25, -0.2) is 24.1 Å². The van der Waals surface area contributed by atoms with Gasteiger partial charge in [0.25, 0.3) is 0 Å². The van der Waals surface area contributed by atoms with Crippen LogP contribution in [0, 0.1) is 11.8 Å². The van der Waals surface area contributed by atoms with Crippen molar-refractivity contribution in [3.63, 3.8) is 0 Å². The first-order valence-electron chi connectivity index (χ1n) is 35.4. The first kappa shape index (κ1) is 80.0. The minimum Gasteiger partial charge on any atom is -0.508 e. The van der Waals surface area contributed by atoms with Crippen LogP contribution in [0.4, 0.5) is 9.50 Å². The van der Waals surface area contributed by atoms with Crippen LogP contribution in [-0.2, 0) is 48.3 Å². The average molecular weight is 1450 g/mol. The van der Waals surface area contributed by atoms with Gasteiger partial charge in [0, 0.05) is 134 Å². The molecule has 12 rings (SSSR count). The highest BCUT2D eigenvalue weighted by molar-refractivity contribution is 6.76. The number of morpholine rings is 1. The molecular weight excluding hydrogens is 1350 g/mol. The third-order valence-electron chi connectivity index (χ3n) is 16.7. The molecule has 4 aliphatic heterocycles. The number of benzene rings is 3. The molecule has 3 unspecified atom stereocenters. The Morgan fingerprint density at radius 3 is 1.52 bits per heavy atom. The van der Waals surface area contributed by atoms with E-state index in [0.717, 1.165) is 146 Å². The van der Waals surface area contributed by atoms with Crippen LogP contribution in [0.1, 0.15) is 63.3 Å². The van der Waals surface area contributed by atoms with E-state index < -0.39 is 21.7 Å². The Morgan fingerprint density at radius 1 is 0.592 bits per heavy atom. The summed E-state index contributed by atoms with van der Waals surface area (Å²) < 4.78 is 60.3. The molecule has 3 aromatic carbocycles. The maximum absolute atomic E-state index is 11.7. The Bertz CT molecular complexity index is 3820. The number of phenolic OH excluding ortho intramolecular Hbond substituents is 1. The van der Waals surface area contributed by atoms with Gasteiger partial charge in [0.1, 0.15) is 47.8 Å². The van der Waals surface area contributed by atoms with E-state index in [9.17, 15) is 9.90 Å². The SMILES string of the molecule is C1=NCC(c2ccc(Oc3ccc(OCC4CCCOC4)cc3)nc2)=C1.CC(C)(C)OC(=O)N1CCOCC1CO.C[Si](C)(C)CCOCn1nccc1-c1ccc(Cc2ccc(O)cc2)nc1.C[Si](C)(C)CCOCn1nccc1-c1ccc(Oc2ccc(OCC3CCCOC3)cc2)nc1.F. The van der Waals surface area contributed by atoms with Crippen molar-refractivity contribution in [3.8, 4) is 63.0 Å². The fourth-order valence-electron chi connectivity index (χ4n) is 10.8. The highest BCUT2D eigenvalue weighted by Gasteiger charge is 2.31. The van der Waals surface area contributed by atoms with Crippen molar-refractivity contribution in [2.24, 2.45) is 16.8 Å². The molecule has 4 aliphatic rings. The second kappa shape index (κ2) is 40.4. The molecule has 3 atom stereocenters. The van der Waals surface area contributed by atoms with Crippen molar-refractivity contribution >= 4 is 34.0 Å². The van der Waals surface area contributed by atoms with Gasteiger partial charge in [0.2, 0.25) is 11.8 Å². The number of phenols is 1. The molecule has 0 aliphatic carbocycles. The minimum absolute atomic E-state index is 0. The monoisotopic (exact) mass is 1450 g/mol. The average Bonchev–Trinajstić information content (AvgIpc) is 1.79. The van der Waals surface area contributed by atoms with Crippen molar-refractivity contribution < 1.29 is 67.1 Å². The van der Waals surface area contributed by atoms with Crippen LogP contribution >= 0.6 is 0 Å². The van der Waals surface area contributed by atoms with Gasteiger partial charge in [0.05, 0.1) is 70.2 Å². The van der Waals surface area contributed by atoms with Crippen molar-refractivity contribution in [2.75, 3.05) is 85.8 Å². The highest BCUT2D eigenvalue weighted by Crippen LogP contribution is 2.29. The third kappa shape index (κ3) is 28.1. The number of aliphatic hydroxyl groups excluding tert-OH is 1. The molecule has 0 bridgehead atoms. The number of aliphatic hydroxyl groups is 1. The first-order chi connectivity index (χ1) is 49.2. The van der Waals surface area contributed by atoms with E-state index in [0.29, 0.717) is 70.0 Å². The van der Waals surface area contributed by atoms with Crippen molar-refractivity contribution in [3.05, 3.63) is 175 Å². The number of hydrogen-bond donors (Lipinski definition) is 2. The topological polar surface area (TPSA) is 240 Å². The van der Waals surface area contributed by atoms with E-state index in [-0.39, 0.29) is 29.2 Å². The van der Waals surface area contributed by atoms with Crippen LogP contribution in [0.3, 0.4) is 0 Å². The third-order valence-corrected chi connectivity index (χ3v) is 20.1. The van der Waals surface area contributed by atoms with Gasteiger partial charge in [0.15, 0.2) is 0 Å². The zero-order valence-electron chi connectivity index (χ0n) is 61.2. The number of aliphatic imine (C=N–C) groups is 1. The summed E-state index contributed by atoms with van der Waals surface area (Å²) in [6, 6.07) is 40.3. The zero-order chi connectivity index (χ0) is 72.2. The molecular formula is C78H104FN9O13Si2.